The number of benzene rings is 1. The van der Waals surface area contributed by atoms with Gasteiger partial charge in [-0.1, -0.05) is 11.6 Å². The minimum atomic E-state index is 0. The van der Waals surface area contributed by atoms with Gasteiger partial charge in [-0.2, -0.15) is 0 Å². The molecule has 2 heterocycles. The zero-order valence-corrected chi connectivity index (χ0v) is 11.8. The van der Waals surface area contributed by atoms with Crippen molar-refractivity contribution in [1.82, 2.24) is 4.90 Å². The molecule has 1 aromatic rings. The Labute approximate surface area is 119 Å². The van der Waals surface area contributed by atoms with Crippen molar-refractivity contribution in [2.45, 2.75) is 25.4 Å². The molecule has 3 rings (SSSR count). The zero-order chi connectivity index (χ0) is 11.8. The first-order valence-electron chi connectivity index (χ1n) is 6.14. The van der Waals surface area contributed by atoms with Gasteiger partial charge in [0.25, 0.3) is 0 Å². The van der Waals surface area contributed by atoms with E-state index >= 15 is 0 Å². The Morgan fingerprint density at radius 3 is 3.00 bits per heavy atom. The van der Waals surface area contributed by atoms with E-state index in [0.717, 1.165) is 49.9 Å². The topological polar surface area (TPSA) is 38.5 Å². The number of hydrogen-bond donors (Lipinski definition) is 1. The number of likely N-dealkylation sites (tertiary alicyclic amines) is 1. The molecule has 1 fully saturated rings. The summed E-state index contributed by atoms with van der Waals surface area (Å²) in [4.78, 5) is 2.37. The lowest BCUT2D eigenvalue weighted by molar-refractivity contribution is 0.310. The Morgan fingerprint density at radius 2 is 2.28 bits per heavy atom. The molecule has 0 unspecified atom stereocenters. The minimum Gasteiger partial charge on any atom is -0.493 e. The van der Waals surface area contributed by atoms with Gasteiger partial charge in [-0.05, 0) is 24.1 Å². The van der Waals surface area contributed by atoms with Crippen molar-refractivity contribution < 1.29 is 4.74 Å². The summed E-state index contributed by atoms with van der Waals surface area (Å²) in [6.07, 6.45) is 2.06. The second-order valence-electron chi connectivity index (χ2n) is 4.94. The van der Waals surface area contributed by atoms with E-state index in [1.54, 1.807) is 0 Å². The average Bonchev–Trinajstić information content (AvgIpc) is 2.87. The van der Waals surface area contributed by atoms with Gasteiger partial charge < -0.3 is 10.5 Å². The third-order valence-corrected chi connectivity index (χ3v) is 3.75. The Hall–Kier alpha value is -0.480. The Morgan fingerprint density at radius 1 is 1.44 bits per heavy atom. The smallest absolute Gasteiger partial charge is 0.127 e. The lowest BCUT2D eigenvalue weighted by atomic mass is 10.1. The quantitative estimate of drug-likeness (QED) is 0.907. The molecule has 5 heteroatoms. The van der Waals surface area contributed by atoms with E-state index in [2.05, 4.69) is 4.90 Å². The molecule has 0 bridgehead atoms. The molecule has 0 saturated carbocycles. The molecule has 2 aliphatic rings. The van der Waals surface area contributed by atoms with E-state index in [1.165, 1.54) is 11.1 Å². The van der Waals surface area contributed by atoms with Crippen LogP contribution in [-0.4, -0.2) is 30.6 Å². The second-order valence-corrected chi connectivity index (χ2v) is 5.37. The standard InChI is InChI=1S/C13H17ClN2O.ClH/c14-11-5-9-2-4-17-13(9)10(6-11)7-16-3-1-12(15)8-16;/h5-6,12H,1-4,7-8,15H2;1H/t12-;/m1./s1. The zero-order valence-electron chi connectivity index (χ0n) is 10.2. The third-order valence-electron chi connectivity index (χ3n) is 3.53. The maximum Gasteiger partial charge on any atom is 0.127 e. The van der Waals surface area contributed by atoms with Gasteiger partial charge in [0.05, 0.1) is 6.61 Å². The predicted octanol–water partition coefficient (Wildman–Crippen LogP) is 2.23. The van der Waals surface area contributed by atoms with Crippen molar-refractivity contribution >= 4 is 24.0 Å². The first-order chi connectivity index (χ1) is 8.22. The van der Waals surface area contributed by atoms with Crippen molar-refractivity contribution in [3.8, 4) is 5.75 Å². The summed E-state index contributed by atoms with van der Waals surface area (Å²) >= 11 is 6.14. The van der Waals surface area contributed by atoms with E-state index in [4.69, 9.17) is 22.1 Å². The maximum atomic E-state index is 6.14. The number of halogens is 2. The molecule has 2 aliphatic heterocycles. The highest BCUT2D eigenvalue weighted by molar-refractivity contribution is 6.30. The van der Waals surface area contributed by atoms with Crippen molar-refractivity contribution in [3.05, 3.63) is 28.3 Å². The minimum absolute atomic E-state index is 0. The Bertz CT molecular complexity index is 439. The summed E-state index contributed by atoms with van der Waals surface area (Å²) < 4.78 is 5.71. The van der Waals surface area contributed by atoms with Crippen LogP contribution in [0.25, 0.3) is 0 Å². The van der Waals surface area contributed by atoms with Crippen molar-refractivity contribution in [2.24, 2.45) is 5.73 Å². The number of nitrogens with two attached hydrogens (primary N) is 1. The molecule has 18 heavy (non-hydrogen) atoms. The fourth-order valence-electron chi connectivity index (χ4n) is 2.71. The summed E-state index contributed by atoms with van der Waals surface area (Å²) in [7, 11) is 0. The first kappa shape index (κ1) is 13.9. The van der Waals surface area contributed by atoms with Crippen LogP contribution in [0.4, 0.5) is 0 Å². The fourth-order valence-corrected chi connectivity index (χ4v) is 2.97. The summed E-state index contributed by atoms with van der Waals surface area (Å²) in [6, 6.07) is 4.36. The molecule has 1 aromatic carbocycles. The van der Waals surface area contributed by atoms with Crippen LogP contribution in [-0.2, 0) is 13.0 Å². The number of fused-ring (bicyclic) bond motifs is 1. The molecule has 1 saturated heterocycles. The molecule has 0 spiro atoms. The van der Waals surface area contributed by atoms with Gasteiger partial charge in [0, 0.05) is 42.7 Å². The second kappa shape index (κ2) is 5.66. The van der Waals surface area contributed by atoms with Crippen molar-refractivity contribution in [3.63, 3.8) is 0 Å². The fraction of sp³-hybridized carbons (Fsp3) is 0.538. The van der Waals surface area contributed by atoms with Crippen LogP contribution in [0.15, 0.2) is 12.1 Å². The van der Waals surface area contributed by atoms with Crippen LogP contribution in [0.2, 0.25) is 5.02 Å². The van der Waals surface area contributed by atoms with Crippen molar-refractivity contribution in [1.29, 1.82) is 0 Å². The summed E-state index contributed by atoms with van der Waals surface area (Å²) in [6.45, 7) is 3.72. The molecule has 0 aliphatic carbocycles. The molecule has 0 radical (unpaired) electrons. The van der Waals surface area contributed by atoms with Crippen LogP contribution >= 0.6 is 24.0 Å². The van der Waals surface area contributed by atoms with Gasteiger partial charge in [-0.15, -0.1) is 12.4 Å². The normalized spacial score (nSPS) is 22.4. The van der Waals surface area contributed by atoms with Gasteiger partial charge in [0.15, 0.2) is 0 Å². The average molecular weight is 289 g/mol. The number of nitrogens with zero attached hydrogens (tertiary/aromatic N) is 1. The van der Waals surface area contributed by atoms with Gasteiger partial charge in [0.2, 0.25) is 0 Å². The van der Waals surface area contributed by atoms with Crippen LogP contribution in [0.1, 0.15) is 17.5 Å². The van der Waals surface area contributed by atoms with Crippen LogP contribution in [0.5, 0.6) is 5.75 Å². The Balaban J connectivity index is 0.00000120. The highest BCUT2D eigenvalue weighted by atomic mass is 35.5. The highest BCUT2D eigenvalue weighted by Crippen LogP contribution is 2.33. The highest BCUT2D eigenvalue weighted by Gasteiger charge is 2.23. The van der Waals surface area contributed by atoms with E-state index < -0.39 is 0 Å². The first-order valence-corrected chi connectivity index (χ1v) is 6.52. The van der Waals surface area contributed by atoms with Gasteiger partial charge in [-0.25, -0.2) is 0 Å². The number of rotatable bonds is 2. The number of ether oxygens (including phenoxy) is 1. The third kappa shape index (κ3) is 2.75. The van der Waals surface area contributed by atoms with Crippen LogP contribution < -0.4 is 10.5 Å². The SMILES string of the molecule is Cl.N[C@@H]1CCN(Cc2cc(Cl)cc3c2OCC3)C1. The molecule has 2 N–H and O–H groups in total. The maximum absolute atomic E-state index is 6.14. The molecule has 0 amide bonds. The number of hydrogen-bond acceptors (Lipinski definition) is 3. The molecule has 1 atom stereocenters. The molecular formula is C13H18Cl2N2O. The van der Waals surface area contributed by atoms with Crippen molar-refractivity contribution in [2.75, 3.05) is 19.7 Å². The molecule has 3 nitrogen and oxygen atoms in total. The predicted molar refractivity (Wildman–Crippen MR) is 75.8 cm³/mol. The Kier molecular flexibility index (Phi) is 4.38. The van der Waals surface area contributed by atoms with E-state index in [0.29, 0.717) is 6.04 Å². The molecular weight excluding hydrogens is 271 g/mol. The van der Waals surface area contributed by atoms with Crippen LogP contribution in [0, 0.1) is 0 Å². The summed E-state index contributed by atoms with van der Waals surface area (Å²) in [5.41, 5.74) is 8.38. The summed E-state index contributed by atoms with van der Waals surface area (Å²) in [5.74, 6) is 1.05. The van der Waals surface area contributed by atoms with Gasteiger partial charge in [-0.3, -0.25) is 4.90 Å². The monoisotopic (exact) mass is 288 g/mol. The molecule has 0 aromatic heterocycles. The summed E-state index contributed by atoms with van der Waals surface area (Å²) in [5, 5.41) is 0.813. The lowest BCUT2D eigenvalue weighted by Crippen LogP contribution is -2.26. The molecule has 100 valence electrons. The lowest BCUT2D eigenvalue weighted by Gasteiger charge is -2.17. The van der Waals surface area contributed by atoms with Gasteiger partial charge >= 0.3 is 0 Å². The largest absolute Gasteiger partial charge is 0.493 e. The van der Waals surface area contributed by atoms with Gasteiger partial charge in [0.1, 0.15) is 5.75 Å². The van der Waals surface area contributed by atoms with E-state index in [1.807, 2.05) is 12.1 Å². The van der Waals surface area contributed by atoms with E-state index in [-0.39, 0.29) is 12.4 Å². The van der Waals surface area contributed by atoms with E-state index in [9.17, 15) is 0 Å². The van der Waals surface area contributed by atoms with Crippen LogP contribution in [0.3, 0.4) is 0 Å².